The van der Waals surface area contributed by atoms with E-state index in [-0.39, 0.29) is 12.0 Å². The first kappa shape index (κ1) is 11.9. The molecule has 1 fully saturated rings. The van der Waals surface area contributed by atoms with Crippen molar-refractivity contribution < 1.29 is 13.5 Å². The summed E-state index contributed by atoms with van der Waals surface area (Å²) in [5.41, 5.74) is 0. The molecule has 0 aromatic heterocycles. The summed E-state index contributed by atoms with van der Waals surface area (Å²) in [4.78, 5) is 0. The number of nitrogens with one attached hydrogen (secondary N) is 2. The maximum atomic E-state index is 11.2. The van der Waals surface area contributed by atoms with Crippen LogP contribution in [0.2, 0.25) is 0 Å². The number of aliphatic hydroxyl groups excluding tert-OH is 1. The molecule has 0 bridgehead atoms. The quantitative estimate of drug-likeness (QED) is 0.592. The van der Waals surface area contributed by atoms with Gasteiger partial charge in [-0.2, -0.15) is 8.42 Å². The topological polar surface area (TPSA) is 78.4 Å². The molecule has 0 aromatic rings. The standard InChI is InChI=1S/C8H18N2O3S/c1-2-9-14(12,13)10-6-7-3-4-8(11)5-7/h7-11H,2-6H2,1H3. The van der Waals surface area contributed by atoms with E-state index in [4.69, 9.17) is 0 Å². The molecule has 14 heavy (non-hydrogen) atoms. The summed E-state index contributed by atoms with van der Waals surface area (Å²) in [6.07, 6.45) is 2.14. The van der Waals surface area contributed by atoms with E-state index in [9.17, 15) is 13.5 Å². The second kappa shape index (κ2) is 5.06. The van der Waals surface area contributed by atoms with Crippen molar-refractivity contribution in [3.8, 4) is 0 Å². The fraction of sp³-hybridized carbons (Fsp3) is 1.00. The highest BCUT2D eigenvalue weighted by Gasteiger charge is 2.23. The molecule has 0 aromatic carbocycles. The third-order valence-corrected chi connectivity index (χ3v) is 3.63. The smallest absolute Gasteiger partial charge is 0.276 e. The van der Waals surface area contributed by atoms with Gasteiger partial charge in [0.1, 0.15) is 0 Å². The Morgan fingerprint density at radius 2 is 2.07 bits per heavy atom. The maximum absolute atomic E-state index is 11.2. The van der Waals surface area contributed by atoms with E-state index in [0.29, 0.717) is 19.5 Å². The zero-order valence-electron chi connectivity index (χ0n) is 8.36. The van der Waals surface area contributed by atoms with Crippen LogP contribution in [0.1, 0.15) is 26.2 Å². The van der Waals surface area contributed by atoms with Crippen LogP contribution in [0.25, 0.3) is 0 Å². The van der Waals surface area contributed by atoms with Crippen LogP contribution in [0.15, 0.2) is 0 Å². The molecule has 6 heteroatoms. The first-order valence-electron chi connectivity index (χ1n) is 4.96. The van der Waals surface area contributed by atoms with E-state index >= 15 is 0 Å². The third-order valence-electron chi connectivity index (χ3n) is 2.41. The predicted octanol–water partition coefficient (Wildman–Crippen LogP) is -0.409. The molecule has 0 radical (unpaired) electrons. The Bertz CT molecular complexity index is 266. The van der Waals surface area contributed by atoms with Crippen LogP contribution in [-0.4, -0.2) is 32.7 Å². The van der Waals surface area contributed by atoms with E-state index in [1.165, 1.54) is 0 Å². The van der Waals surface area contributed by atoms with E-state index in [1.807, 2.05) is 0 Å². The zero-order chi connectivity index (χ0) is 10.6. The van der Waals surface area contributed by atoms with Gasteiger partial charge in [-0.3, -0.25) is 0 Å². The van der Waals surface area contributed by atoms with Gasteiger partial charge in [0.05, 0.1) is 6.10 Å². The van der Waals surface area contributed by atoms with Crippen molar-refractivity contribution in [1.82, 2.24) is 9.44 Å². The average molecular weight is 222 g/mol. The Hall–Kier alpha value is -0.170. The minimum Gasteiger partial charge on any atom is -0.393 e. The van der Waals surface area contributed by atoms with Crippen LogP contribution in [0.3, 0.4) is 0 Å². The Labute approximate surface area is 85.1 Å². The fourth-order valence-electron chi connectivity index (χ4n) is 1.70. The van der Waals surface area contributed by atoms with E-state index < -0.39 is 10.2 Å². The van der Waals surface area contributed by atoms with Gasteiger partial charge in [-0.15, -0.1) is 0 Å². The molecule has 5 nitrogen and oxygen atoms in total. The van der Waals surface area contributed by atoms with Crippen LogP contribution in [0.5, 0.6) is 0 Å². The van der Waals surface area contributed by atoms with Gasteiger partial charge in [0, 0.05) is 13.1 Å². The predicted molar refractivity (Wildman–Crippen MR) is 53.9 cm³/mol. The second-order valence-corrected chi connectivity index (χ2v) is 5.27. The summed E-state index contributed by atoms with van der Waals surface area (Å²) in [5, 5.41) is 9.24. The van der Waals surface area contributed by atoms with E-state index in [1.54, 1.807) is 6.92 Å². The van der Waals surface area contributed by atoms with E-state index in [0.717, 1.165) is 12.8 Å². The lowest BCUT2D eigenvalue weighted by molar-refractivity contribution is 0.178. The molecule has 0 heterocycles. The first-order chi connectivity index (χ1) is 6.53. The van der Waals surface area contributed by atoms with Crippen molar-refractivity contribution in [3.05, 3.63) is 0 Å². The highest BCUT2D eigenvalue weighted by atomic mass is 32.2. The third kappa shape index (κ3) is 3.91. The van der Waals surface area contributed by atoms with Crippen molar-refractivity contribution >= 4 is 10.2 Å². The molecule has 0 spiro atoms. The Morgan fingerprint density at radius 1 is 1.36 bits per heavy atom. The van der Waals surface area contributed by atoms with Crippen LogP contribution < -0.4 is 9.44 Å². The van der Waals surface area contributed by atoms with Gasteiger partial charge >= 0.3 is 0 Å². The molecule has 1 aliphatic rings. The summed E-state index contributed by atoms with van der Waals surface area (Å²) >= 11 is 0. The first-order valence-corrected chi connectivity index (χ1v) is 6.44. The van der Waals surface area contributed by atoms with Crippen molar-refractivity contribution in [3.63, 3.8) is 0 Å². The monoisotopic (exact) mass is 222 g/mol. The van der Waals surface area contributed by atoms with Crippen LogP contribution in [0, 0.1) is 5.92 Å². The van der Waals surface area contributed by atoms with Gasteiger partial charge in [-0.25, -0.2) is 9.44 Å². The van der Waals surface area contributed by atoms with Gasteiger partial charge in [0.2, 0.25) is 0 Å². The zero-order valence-corrected chi connectivity index (χ0v) is 9.18. The van der Waals surface area contributed by atoms with Crippen LogP contribution in [0.4, 0.5) is 0 Å². The lowest BCUT2D eigenvalue weighted by atomic mass is 10.1. The number of aliphatic hydroxyl groups is 1. The fourth-order valence-corrected chi connectivity index (χ4v) is 2.64. The summed E-state index contributed by atoms with van der Waals surface area (Å²) in [6.45, 7) is 2.55. The number of hydrogen-bond acceptors (Lipinski definition) is 3. The molecular formula is C8H18N2O3S. The van der Waals surface area contributed by atoms with Crippen LogP contribution >= 0.6 is 0 Å². The molecule has 1 aliphatic carbocycles. The largest absolute Gasteiger partial charge is 0.393 e. The van der Waals surface area contributed by atoms with Crippen LogP contribution in [-0.2, 0) is 10.2 Å². The lowest BCUT2D eigenvalue weighted by Crippen LogP contribution is -2.38. The molecule has 2 unspecified atom stereocenters. The summed E-state index contributed by atoms with van der Waals surface area (Å²) in [6, 6.07) is 0. The van der Waals surface area contributed by atoms with Gasteiger partial charge in [-0.1, -0.05) is 6.92 Å². The minimum absolute atomic E-state index is 0.247. The molecule has 1 rings (SSSR count). The number of hydrogen-bond donors (Lipinski definition) is 3. The molecule has 2 atom stereocenters. The Kier molecular flexibility index (Phi) is 4.31. The highest BCUT2D eigenvalue weighted by molar-refractivity contribution is 7.87. The molecular weight excluding hydrogens is 204 g/mol. The van der Waals surface area contributed by atoms with E-state index in [2.05, 4.69) is 9.44 Å². The molecule has 3 N–H and O–H groups in total. The summed E-state index contributed by atoms with van der Waals surface area (Å²) in [5.74, 6) is 0.276. The van der Waals surface area contributed by atoms with Crippen molar-refractivity contribution in [1.29, 1.82) is 0 Å². The molecule has 84 valence electrons. The summed E-state index contributed by atoms with van der Waals surface area (Å²) in [7, 11) is -3.32. The van der Waals surface area contributed by atoms with Gasteiger partial charge in [-0.05, 0) is 25.2 Å². The van der Waals surface area contributed by atoms with Gasteiger partial charge in [0.15, 0.2) is 0 Å². The average Bonchev–Trinajstić information content (AvgIpc) is 2.48. The Morgan fingerprint density at radius 3 is 2.57 bits per heavy atom. The Balaban J connectivity index is 2.26. The number of rotatable bonds is 5. The van der Waals surface area contributed by atoms with Crippen molar-refractivity contribution in [2.45, 2.75) is 32.3 Å². The molecule has 0 saturated heterocycles. The normalized spacial score (nSPS) is 28.1. The minimum atomic E-state index is -3.32. The summed E-state index contributed by atoms with van der Waals surface area (Å²) < 4.78 is 27.2. The van der Waals surface area contributed by atoms with Crippen molar-refractivity contribution in [2.24, 2.45) is 5.92 Å². The van der Waals surface area contributed by atoms with Crippen molar-refractivity contribution in [2.75, 3.05) is 13.1 Å². The maximum Gasteiger partial charge on any atom is 0.276 e. The van der Waals surface area contributed by atoms with Gasteiger partial charge < -0.3 is 5.11 Å². The highest BCUT2D eigenvalue weighted by Crippen LogP contribution is 2.24. The molecule has 0 aliphatic heterocycles. The molecule has 1 saturated carbocycles. The van der Waals surface area contributed by atoms with Gasteiger partial charge in [0.25, 0.3) is 10.2 Å². The SMILES string of the molecule is CCNS(=O)(=O)NCC1CCC(O)C1. The second-order valence-electron chi connectivity index (χ2n) is 3.68. The molecule has 0 amide bonds. The lowest BCUT2D eigenvalue weighted by Gasteiger charge is -2.11.